The summed E-state index contributed by atoms with van der Waals surface area (Å²) < 4.78 is 5.44. The van der Waals surface area contributed by atoms with E-state index in [1.54, 1.807) is 18.2 Å². The molecular weight excluding hydrogens is 755 g/mol. The van der Waals surface area contributed by atoms with E-state index in [1.165, 1.54) is 80.3 Å². The van der Waals surface area contributed by atoms with Crippen molar-refractivity contribution in [3.8, 4) is 5.75 Å². The van der Waals surface area contributed by atoms with Crippen LogP contribution in [0.2, 0.25) is 10.0 Å². The van der Waals surface area contributed by atoms with Crippen LogP contribution in [0.1, 0.15) is 105 Å². The van der Waals surface area contributed by atoms with Gasteiger partial charge >= 0.3 is 5.97 Å². The number of rotatable bonds is 22. The minimum absolute atomic E-state index is 0.0521. The Bertz CT molecular complexity index is 1850. The number of halogens is 2. The average Bonchev–Trinajstić information content (AvgIpc) is 3.46. The molecule has 0 saturated carbocycles. The summed E-state index contributed by atoms with van der Waals surface area (Å²) in [6, 6.07) is 12.8. The molecule has 0 aromatic heterocycles. The maximum absolute atomic E-state index is 13.8. The number of azo groups is 1. The Hall–Kier alpha value is -4.81. The van der Waals surface area contributed by atoms with Crippen molar-refractivity contribution in [2.45, 2.75) is 104 Å². The highest BCUT2D eigenvalue weighted by Crippen LogP contribution is 2.34. The molecule has 14 heteroatoms. The third-order valence-electron chi connectivity index (χ3n) is 9.41. The summed E-state index contributed by atoms with van der Waals surface area (Å²) in [6.45, 7) is 5.93. The maximum atomic E-state index is 13.8. The summed E-state index contributed by atoms with van der Waals surface area (Å²) in [6.07, 6.45) is 13.4. The number of hydrazine groups is 1. The van der Waals surface area contributed by atoms with Gasteiger partial charge in [-0.3, -0.25) is 15.0 Å². The molecule has 1 heterocycles. The molecule has 2 atom stereocenters. The Morgan fingerprint density at radius 2 is 1.62 bits per heavy atom. The van der Waals surface area contributed by atoms with Crippen molar-refractivity contribution in [1.82, 2.24) is 10.7 Å². The third kappa shape index (κ3) is 13.2. The van der Waals surface area contributed by atoms with E-state index in [1.807, 2.05) is 19.9 Å². The fourth-order valence-corrected chi connectivity index (χ4v) is 6.98. The molecule has 4 rings (SSSR count). The number of benzene rings is 3. The van der Waals surface area contributed by atoms with Crippen LogP contribution in [0.3, 0.4) is 0 Å². The minimum Gasteiger partial charge on any atom is -0.508 e. The molecule has 1 aliphatic heterocycles. The first-order chi connectivity index (χ1) is 27.0. The molecule has 1 aliphatic rings. The number of aryl methyl sites for hydroxylation is 2. The van der Waals surface area contributed by atoms with Crippen LogP contribution in [-0.2, 0) is 19.1 Å². The van der Waals surface area contributed by atoms with Crippen LogP contribution in [0.25, 0.3) is 0 Å². The van der Waals surface area contributed by atoms with Crippen LogP contribution in [0, 0.1) is 19.8 Å². The summed E-state index contributed by atoms with van der Waals surface area (Å²) in [5.74, 6) is -1.71. The smallest absolute Gasteiger partial charge is 0.338 e. The highest BCUT2D eigenvalue weighted by Gasteiger charge is 2.40. The van der Waals surface area contributed by atoms with Crippen LogP contribution < -0.4 is 15.8 Å². The number of phenolic OH excluding ortho intramolecular Hbond substituents is 1. The summed E-state index contributed by atoms with van der Waals surface area (Å²) in [7, 11) is 0. The number of carbonyl (C=O) groups is 4. The zero-order chi connectivity index (χ0) is 40.5. The van der Waals surface area contributed by atoms with Gasteiger partial charge in [-0.1, -0.05) is 100 Å². The second-order valence-corrected chi connectivity index (χ2v) is 14.8. The predicted octanol–water partition coefficient (Wildman–Crippen LogP) is 9.84. The molecule has 0 spiro atoms. The lowest BCUT2D eigenvalue weighted by Gasteiger charge is -2.20. The van der Waals surface area contributed by atoms with E-state index in [2.05, 4.69) is 32.9 Å². The van der Waals surface area contributed by atoms with Crippen molar-refractivity contribution in [2.24, 2.45) is 21.1 Å². The van der Waals surface area contributed by atoms with Gasteiger partial charge in [-0.15, -0.1) is 0 Å². The van der Waals surface area contributed by atoms with Gasteiger partial charge in [0.25, 0.3) is 5.91 Å². The van der Waals surface area contributed by atoms with Gasteiger partial charge < -0.3 is 20.0 Å². The third-order valence-corrected chi connectivity index (χ3v) is 10.0. The lowest BCUT2D eigenvalue weighted by Crippen LogP contribution is -2.36. The Balaban J connectivity index is 1.37. The van der Waals surface area contributed by atoms with Gasteiger partial charge in [0.05, 0.1) is 39.2 Å². The lowest BCUT2D eigenvalue weighted by atomic mass is 9.96. The van der Waals surface area contributed by atoms with E-state index >= 15 is 0 Å². The van der Waals surface area contributed by atoms with Gasteiger partial charge in [-0.2, -0.15) is 10.2 Å². The number of hydrogen-bond donors (Lipinski definition) is 3. The van der Waals surface area contributed by atoms with Crippen molar-refractivity contribution in [2.75, 3.05) is 18.2 Å². The van der Waals surface area contributed by atoms with E-state index < -0.39 is 23.8 Å². The molecule has 12 nitrogen and oxygen atoms in total. The first-order valence-corrected chi connectivity index (χ1v) is 20.1. The molecular formula is C42H52Cl2N6O6. The average molecular weight is 808 g/mol. The van der Waals surface area contributed by atoms with Crippen molar-refractivity contribution in [3.63, 3.8) is 0 Å². The number of esters is 1. The van der Waals surface area contributed by atoms with Crippen molar-refractivity contribution in [1.29, 1.82) is 0 Å². The maximum Gasteiger partial charge on any atom is 0.338 e. The van der Waals surface area contributed by atoms with Crippen molar-refractivity contribution in [3.05, 3.63) is 81.3 Å². The van der Waals surface area contributed by atoms with Gasteiger partial charge in [0, 0.05) is 12.3 Å². The quantitative estimate of drug-likeness (QED) is 0.0394. The Kier molecular flexibility index (Phi) is 17.8. The van der Waals surface area contributed by atoms with Gasteiger partial charge in [0.15, 0.2) is 5.84 Å². The first kappa shape index (κ1) is 43.9. The molecule has 0 radical (unpaired) electrons. The Morgan fingerprint density at radius 3 is 2.29 bits per heavy atom. The van der Waals surface area contributed by atoms with Crippen LogP contribution in [0.5, 0.6) is 5.75 Å². The number of nitrogens with one attached hydrogen (secondary N) is 2. The largest absolute Gasteiger partial charge is 0.508 e. The lowest BCUT2D eigenvalue weighted by molar-refractivity contribution is -0.127. The predicted molar refractivity (Wildman–Crippen MR) is 220 cm³/mol. The first-order valence-electron chi connectivity index (χ1n) is 19.4. The fraction of sp³-hybridized carbons (Fsp3) is 0.452. The topological polar surface area (TPSA) is 162 Å². The van der Waals surface area contributed by atoms with Gasteiger partial charge in [0.1, 0.15) is 18.6 Å². The van der Waals surface area contributed by atoms with E-state index in [0.717, 1.165) is 36.7 Å². The number of aliphatic imine (C=N–C) groups is 1. The van der Waals surface area contributed by atoms with Crippen molar-refractivity contribution >= 4 is 70.2 Å². The van der Waals surface area contributed by atoms with Gasteiger partial charge in [0.2, 0.25) is 11.9 Å². The zero-order valence-corrected chi connectivity index (χ0v) is 33.9. The molecule has 3 N–H and O–H groups in total. The number of aromatic hydroxyl groups is 1. The summed E-state index contributed by atoms with van der Waals surface area (Å²) in [5, 5.41) is 22.7. The molecule has 1 saturated heterocycles. The molecule has 300 valence electrons. The summed E-state index contributed by atoms with van der Waals surface area (Å²) in [4.78, 5) is 55.6. The van der Waals surface area contributed by atoms with Crippen LogP contribution in [-0.4, -0.2) is 54.2 Å². The number of nitrogens with zero attached hydrogens (tertiary/aromatic N) is 4. The number of anilines is 1. The zero-order valence-electron chi connectivity index (χ0n) is 32.4. The Labute approximate surface area is 339 Å². The standard InChI is InChI=1S/C42H52Cl2N6O6/c1-4-5-6-7-8-9-10-11-12-13-14-30(21-23-51)40(53)45-22-24-56-42(55)31-15-20-34(43)36(27-31)46-39-37(48-47-32-16-18-33(52)19-17-32)41(54)50(49-39)38-29(3)25-28(2)26-35(38)44/h15-20,23,25-27,30,37,52H,4-14,21-22,24H2,1-3H3,(H,45,53)(H,46,49). The van der Waals surface area contributed by atoms with Crippen LogP contribution in [0.15, 0.2) is 69.8 Å². The van der Waals surface area contributed by atoms with Crippen LogP contribution in [0.4, 0.5) is 17.1 Å². The highest BCUT2D eigenvalue weighted by atomic mass is 35.5. The monoisotopic (exact) mass is 806 g/mol. The SMILES string of the molecule is CCCCCCCCCCCCC(CC=O)C(=O)NCCOC(=O)c1ccc(Cl)c(N=C2NN(c3c(C)cc(C)cc3Cl)C(=O)C2N=Nc2ccc(O)cc2)c1. The molecule has 0 aliphatic carbocycles. The second-order valence-electron chi connectivity index (χ2n) is 14.0. The van der Waals surface area contributed by atoms with Crippen LogP contribution >= 0.6 is 23.2 Å². The van der Waals surface area contributed by atoms with Crippen molar-refractivity contribution < 1.29 is 29.0 Å². The number of unbranched alkanes of at least 4 members (excludes halogenated alkanes) is 9. The number of amides is 2. The molecule has 1 fully saturated rings. The van der Waals surface area contributed by atoms with Gasteiger partial charge in [-0.25, -0.2) is 14.8 Å². The number of hydrogen-bond acceptors (Lipinski definition) is 9. The van der Waals surface area contributed by atoms with E-state index in [0.29, 0.717) is 22.8 Å². The van der Waals surface area contributed by atoms with E-state index in [4.69, 9.17) is 27.9 Å². The number of phenols is 1. The van der Waals surface area contributed by atoms with E-state index in [-0.39, 0.29) is 53.3 Å². The number of aldehydes is 1. The highest BCUT2D eigenvalue weighted by molar-refractivity contribution is 6.35. The fourth-order valence-electron chi connectivity index (χ4n) is 6.41. The summed E-state index contributed by atoms with van der Waals surface area (Å²) >= 11 is 13.1. The second kappa shape index (κ2) is 22.7. The van der Waals surface area contributed by atoms with Gasteiger partial charge in [-0.05, 0) is 79.9 Å². The number of amidine groups is 1. The molecule has 56 heavy (non-hydrogen) atoms. The normalized spacial score (nSPS) is 15.3. The number of carbonyl (C=O) groups excluding carboxylic acids is 4. The molecule has 0 bridgehead atoms. The minimum atomic E-state index is -1.23. The molecule has 3 aromatic rings. The number of ether oxygens (including phenoxy) is 1. The molecule has 3 aromatic carbocycles. The molecule has 2 unspecified atom stereocenters. The summed E-state index contributed by atoms with van der Waals surface area (Å²) in [5.41, 5.74) is 5.76. The molecule has 2 amide bonds. The van der Waals surface area contributed by atoms with E-state index in [9.17, 15) is 24.3 Å². The Morgan fingerprint density at radius 1 is 0.946 bits per heavy atom.